The van der Waals surface area contributed by atoms with Crippen LogP contribution < -0.4 is 30.3 Å². The van der Waals surface area contributed by atoms with Crippen molar-refractivity contribution >= 4 is 45.5 Å². The predicted octanol–water partition coefficient (Wildman–Crippen LogP) is 4.37. The molecule has 4 N–H and O–H groups in total. The van der Waals surface area contributed by atoms with Crippen LogP contribution in [0.2, 0.25) is 0 Å². The number of esters is 1. The van der Waals surface area contributed by atoms with Gasteiger partial charge in [-0.2, -0.15) is 5.10 Å². The number of halogens is 1. The smallest absolute Gasteiger partial charge is 0.337 e. The topological polar surface area (TPSA) is 226 Å². The lowest BCUT2D eigenvalue weighted by molar-refractivity contribution is -0.386. The number of nitro benzene ring substituents is 2. The number of ether oxygens (including phenoxy) is 4. The number of urea groups is 1. The highest BCUT2D eigenvalue weighted by atomic mass is 79.9. The third-order valence-electron chi connectivity index (χ3n) is 6.88. The van der Waals surface area contributed by atoms with Gasteiger partial charge in [-0.3, -0.25) is 25.7 Å². The molecule has 0 saturated heterocycles. The van der Waals surface area contributed by atoms with Crippen LogP contribution in [0.15, 0.2) is 75.4 Å². The molecule has 0 radical (unpaired) electrons. The first-order valence-corrected chi connectivity index (χ1v) is 15.3. The molecule has 18 heteroatoms. The molecular weight excluding hydrogens is 712 g/mol. The number of aliphatic hydroxyl groups is 1. The Labute approximate surface area is 287 Å². The van der Waals surface area contributed by atoms with E-state index in [2.05, 4.69) is 37.1 Å². The summed E-state index contributed by atoms with van der Waals surface area (Å²) in [4.78, 5) is 46.1. The van der Waals surface area contributed by atoms with Gasteiger partial charge in [0, 0.05) is 29.5 Å². The van der Waals surface area contributed by atoms with Gasteiger partial charge in [0.05, 0.1) is 45.9 Å². The molecule has 0 spiro atoms. The third-order valence-corrected chi connectivity index (χ3v) is 7.47. The molecule has 0 aromatic heterocycles. The summed E-state index contributed by atoms with van der Waals surface area (Å²) in [6.07, 6.45) is -0.0585. The van der Waals surface area contributed by atoms with E-state index in [0.29, 0.717) is 28.1 Å². The Bertz CT molecular complexity index is 1800. The fraction of sp³-hybridized carbons (Fsp3) is 0.258. The molecule has 2 atom stereocenters. The number of hydrogen-bond acceptors (Lipinski definition) is 13. The minimum Gasteiger partial charge on any atom is -0.490 e. The molecule has 4 rings (SSSR count). The van der Waals surface area contributed by atoms with Gasteiger partial charge in [0.1, 0.15) is 13.2 Å². The average molecular weight is 744 g/mol. The fourth-order valence-electron chi connectivity index (χ4n) is 4.64. The van der Waals surface area contributed by atoms with E-state index in [9.17, 15) is 34.9 Å². The molecule has 0 fully saturated rings. The Kier molecular flexibility index (Phi) is 12.1. The van der Waals surface area contributed by atoms with Crippen molar-refractivity contribution in [2.75, 3.05) is 20.3 Å². The molecule has 1 heterocycles. The van der Waals surface area contributed by atoms with Crippen LogP contribution >= 0.6 is 15.9 Å². The monoisotopic (exact) mass is 742 g/mol. The van der Waals surface area contributed by atoms with E-state index in [1.54, 1.807) is 32.0 Å². The Balaban J connectivity index is 1.40. The summed E-state index contributed by atoms with van der Waals surface area (Å²) in [5.41, 5.74) is 3.98. The summed E-state index contributed by atoms with van der Waals surface area (Å²) in [5, 5.41) is 42.3. The lowest BCUT2D eigenvalue weighted by atomic mass is 9.95. The lowest BCUT2D eigenvalue weighted by Gasteiger charge is -2.28. The Morgan fingerprint density at radius 3 is 2.47 bits per heavy atom. The second-order valence-electron chi connectivity index (χ2n) is 10.2. The van der Waals surface area contributed by atoms with Crippen molar-refractivity contribution in [1.29, 1.82) is 0 Å². The van der Waals surface area contributed by atoms with Crippen LogP contribution in [0.3, 0.4) is 0 Å². The second kappa shape index (κ2) is 16.4. The summed E-state index contributed by atoms with van der Waals surface area (Å²) in [6.45, 7) is 3.26. The number of hydrazone groups is 1. The molecular formula is C31H31BrN6O11. The van der Waals surface area contributed by atoms with Crippen LogP contribution in [-0.4, -0.2) is 59.7 Å². The van der Waals surface area contributed by atoms with Crippen LogP contribution in [0.1, 0.15) is 36.6 Å². The number of non-ortho nitro benzene ring substituents is 1. The van der Waals surface area contributed by atoms with Crippen molar-refractivity contribution in [2.45, 2.75) is 32.7 Å². The molecule has 3 aromatic carbocycles. The first-order chi connectivity index (χ1) is 23.4. The number of allylic oxidation sites excluding steroid dienone is 1. The van der Waals surface area contributed by atoms with Crippen molar-refractivity contribution in [2.24, 2.45) is 5.10 Å². The number of aliphatic hydroxyl groups excluding tert-OH is 1. The van der Waals surface area contributed by atoms with Gasteiger partial charge < -0.3 is 34.7 Å². The number of nitro groups is 2. The number of amides is 2. The molecule has 49 heavy (non-hydrogen) atoms. The molecule has 1 aliphatic rings. The zero-order valence-electron chi connectivity index (χ0n) is 26.3. The summed E-state index contributed by atoms with van der Waals surface area (Å²) >= 11 is 3.28. The van der Waals surface area contributed by atoms with Crippen molar-refractivity contribution in [3.05, 3.63) is 107 Å². The summed E-state index contributed by atoms with van der Waals surface area (Å²) in [5.74, 6) is -0.111. The van der Waals surface area contributed by atoms with E-state index < -0.39 is 34.1 Å². The molecule has 0 bridgehead atoms. The van der Waals surface area contributed by atoms with Gasteiger partial charge in [0.25, 0.3) is 5.69 Å². The standard InChI is InChI=1S/C31H31BrN6O11/c1-4-47-25-13-20(28-27(30(40)46-3)17(2)34-31(41)35-28)7-10-24(25)48-16-26(39)36-33-14-19-11-22(32)29(23(12-19)38(44)45)49-15-18-5-8-21(9-6-18)37(42)43/h5-14,26,28,36,39H,4,15-16H2,1-3H3,(H2,34,35,41)/b33-14+/t26-,28-/m0/s1. The highest BCUT2D eigenvalue weighted by Crippen LogP contribution is 2.37. The van der Waals surface area contributed by atoms with Gasteiger partial charge in [-0.25, -0.2) is 9.59 Å². The molecule has 3 aromatic rings. The Morgan fingerprint density at radius 2 is 1.82 bits per heavy atom. The van der Waals surface area contributed by atoms with E-state index in [0.717, 1.165) is 0 Å². The van der Waals surface area contributed by atoms with Crippen LogP contribution in [0.25, 0.3) is 0 Å². The highest BCUT2D eigenvalue weighted by Gasteiger charge is 2.32. The largest absolute Gasteiger partial charge is 0.490 e. The fourth-order valence-corrected chi connectivity index (χ4v) is 5.22. The number of rotatable bonds is 15. The highest BCUT2D eigenvalue weighted by molar-refractivity contribution is 9.10. The van der Waals surface area contributed by atoms with Gasteiger partial charge in [-0.1, -0.05) is 6.07 Å². The van der Waals surface area contributed by atoms with Gasteiger partial charge >= 0.3 is 17.7 Å². The van der Waals surface area contributed by atoms with Crippen LogP contribution in [0.4, 0.5) is 16.2 Å². The summed E-state index contributed by atoms with van der Waals surface area (Å²) in [7, 11) is 1.24. The van der Waals surface area contributed by atoms with E-state index in [1.165, 1.54) is 49.7 Å². The number of methoxy groups -OCH3 is 1. The van der Waals surface area contributed by atoms with Crippen molar-refractivity contribution < 1.29 is 43.5 Å². The van der Waals surface area contributed by atoms with Crippen molar-refractivity contribution in [3.63, 3.8) is 0 Å². The van der Waals surface area contributed by atoms with E-state index in [1.807, 2.05) is 0 Å². The SMILES string of the molecule is CCOc1cc([C@@H]2NC(=O)NC(C)=C2C(=O)OC)ccc1OC[C@H](O)N/N=C/c1cc(Br)c(OCc2ccc([N+](=O)[O-])cc2)c([N+](=O)[O-])c1. The maximum Gasteiger partial charge on any atom is 0.337 e. The number of nitrogens with one attached hydrogen (secondary N) is 3. The minimum atomic E-state index is -1.31. The van der Waals surface area contributed by atoms with E-state index in [-0.39, 0.29) is 52.7 Å². The zero-order chi connectivity index (χ0) is 35.7. The molecule has 0 saturated carbocycles. The number of carbonyl (C=O) groups is 2. The number of nitrogens with zero attached hydrogens (tertiary/aromatic N) is 3. The average Bonchev–Trinajstić information content (AvgIpc) is 3.06. The summed E-state index contributed by atoms with van der Waals surface area (Å²) < 4.78 is 22.3. The normalized spacial score (nSPS) is 14.8. The Hall–Kier alpha value is -5.75. The molecule has 2 amide bonds. The predicted molar refractivity (Wildman–Crippen MR) is 177 cm³/mol. The maximum absolute atomic E-state index is 12.5. The molecule has 0 unspecified atom stereocenters. The van der Waals surface area contributed by atoms with E-state index >= 15 is 0 Å². The maximum atomic E-state index is 12.5. The number of carbonyl (C=O) groups excluding carboxylic acids is 2. The van der Waals surface area contributed by atoms with Gasteiger partial charge in [-0.05, 0) is 71.2 Å². The first-order valence-electron chi connectivity index (χ1n) is 14.5. The number of benzene rings is 3. The molecule has 1 aliphatic heterocycles. The zero-order valence-corrected chi connectivity index (χ0v) is 27.9. The molecule has 17 nitrogen and oxygen atoms in total. The lowest BCUT2D eigenvalue weighted by Crippen LogP contribution is -2.45. The number of hydrogen-bond donors (Lipinski definition) is 4. The summed E-state index contributed by atoms with van der Waals surface area (Å²) in [6, 6.07) is 11.8. The third kappa shape index (κ3) is 9.20. The van der Waals surface area contributed by atoms with Crippen LogP contribution in [0, 0.1) is 20.2 Å². The first kappa shape index (κ1) is 36.1. The van der Waals surface area contributed by atoms with Crippen LogP contribution in [0.5, 0.6) is 17.2 Å². The quantitative estimate of drug-likeness (QED) is 0.0560. The molecule has 0 aliphatic carbocycles. The van der Waals surface area contributed by atoms with Gasteiger partial charge in [-0.15, -0.1) is 0 Å². The molecule has 258 valence electrons. The van der Waals surface area contributed by atoms with Gasteiger partial charge in [0.15, 0.2) is 17.7 Å². The van der Waals surface area contributed by atoms with Gasteiger partial charge in [0.2, 0.25) is 5.75 Å². The van der Waals surface area contributed by atoms with E-state index in [4.69, 9.17) is 18.9 Å². The second-order valence-corrected chi connectivity index (χ2v) is 11.1. The van der Waals surface area contributed by atoms with Crippen molar-refractivity contribution in [3.8, 4) is 17.2 Å². The minimum absolute atomic E-state index is 0.0479. The Morgan fingerprint density at radius 1 is 1.08 bits per heavy atom. The van der Waals surface area contributed by atoms with Crippen LogP contribution in [-0.2, 0) is 16.1 Å². The van der Waals surface area contributed by atoms with Crippen molar-refractivity contribution in [1.82, 2.24) is 16.1 Å².